The van der Waals surface area contributed by atoms with Crippen molar-refractivity contribution in [1.82, 2.24) is 5.32 Å². The zero-order chi connectivity index (χ0) is 18.3. The zero-order valence-corrected chi connectivity index (χ0v) is 14.1. The van der Waals surface area contributed by atoms with Gasteiger partial charge in [-0.2, -0.15) is 0 Å². The minimum absolute atomic E-state index is 0.100. The highest BCUT2D eigenvalue weighted by Crippen LogP contribution is 2.39. The number of urea groups is 1. The molecule has 0 saturated heterocycles. The molecule has 2 amide bonds. The number of halogens is 1. The van der Waals surface area contributed by atoms with E-state index in [4.69, 9.17) is 0 Å². The Labute approximate surface area is 150 Å². The van der Waals surface area contributed by atoms with Crippen LogP contribution in [0.1, 0.15) is 11.1 Å². The van der Waals surface area contributed by atoms with E-state index in [-0.39, 0.29) is 17.6 Å². The number of phenols is 1. The molecule has 0 aliphatic carbocycles. The van der Waals surface area contributed by atoms with Crippen LogP contribution >= 0.6 is 0 Å². The first-order chi connectivity index (χ1) is 12.5. The number of aromatic hydroxyl groups is 1. The molecule has 0 radical (unpaired) electrons. The Kier molecular flexibility index (Phi) is 3.84. The zero-order valence-electron chi connectivity index (χ0n) is 14.1. The molecule has 130 valence electrons. The fourth-order valence-corrected chi connectivity index (χ4v) is 3.14. The fourth-order valence-electron chi connectivity index (χ4n) is 3.14. The van der Waals surface area contributed by atoms with Crippen LogP contribution in [0.5, 0.6) is 5.75 Å². The molecule has 26 heavy (non-hydrogen) atoms. The number of anilines is 1. The summed E-state index contributed by atoms with van der Waals surface area (Å²) in [6.45, 7) is 2.13. The van der Waals surface area contributed by atoms with Crippen LogP contribution in [-0.4, -0.2) is 11.1 Å². The summed E-state index contributed by atoms with van der Waals surface area (Å²) in [5, 5.41) is 16.3. The Bertz CT molecular complexity index is 1030. The number of aryl methyl sites for hydroxylation is 1. The summed E-state index contributed by atoms with van der Waals surface area (Å²) < 4.78 is 13.9. The summed E-state index contributed by atoms with van der Waals surface area (Å²) >= 11 is 0. The van der Waals surface area contributed by atoms with Gasteiger partial charge in [0, 0.05) is 23.4 Å². The highest BCUT2D eigenvalue weighted by molar-refractivity contribution is 5.93. The molecule has 0 unspecified atom stereocenters. The number of benzene rings is 3. The minimum atomic E-state index is -0.303. The van der Waals surface area contributed by atoms with Gasteiger partial charge in [-0.1, -0.05) is 36.4 Å². The standard InChI is InChI=1S/C21H17FN2O2/c1-12-5-6-14(10-18(12)22)17-4-2-3-16(20(17)25)13-7-8-19-15(9-13)11-23-21(26)24-19/h2-10,25H,11H2,1H3,(H2,23,24,26). The van der Waals surface area contributed by atoms with Crippen molar-refractivity contribution in [2.75, 3.05) is 5.32 Å². The van der Waals surface area contributed by atoms with Gasteiger partial charge in [-0.15, -0.1) is 0 Å². The van der Waals surface area contributed by atoms with E-state index in [1.165, 1.54) is 6.07 Å². The van der Waals surface area contributed by atoms with Crippen LogP contribution in [-0.2, 0) is 6.54 Å². The maximum atomic E-state index is 13.9. The number of carbonyl (C=O) groups is 1. The van der Waals surface area contributed by atoms with Crippen molar-refractivity contribution in [3.8, 4) is 28.0 Å². The summed E-state index contributed by atoms with van der Waals surface area (Å²) in [6.07, 6.45) is 0. The van der Waals surface area contributed by atoms with Gasteiger partial charge in [0.05, 0.1) is 0 Å². The molecular formula is C21H17FN2O2. The Morgan fingerprint density at radius 1 is 1.00 bits per heavy atom. The van der Waals surface area contributed by atoms with Gasteiger partial charge in [0.1, 0.15) is 11.6 Å². The van der Waals surface area contributed by atoms with Crippen molar-refractivity contribution in [2.45, 2.75) is 13.5 Å². The third-order valence-corrected chi connectivity index (χ3v) is 4.62. The van der Waals surface area contributed by atoms with Gasteiger partial charge in [0.15, 0.2) is 0 Å². The smallest absolute Gasteiger partial charge is 0.319 e. The van der Waals surface area contributed by atoms with E-state index in [1.807, 2.05) is 30.3 Å². The van der Waals surface area contributed by atoms with Crippen LogP contribution in [0.15, 0.2) is 54.6 Å². The molecule has 4 rings (SSSR count). The molecule has 3 N–H and O–H groups in total. The van der Waals surface area contributed by atoms with E-state index in [2.05, 4.69) is 10.6 Å². The lowest BCUT2D eigenvalue weighted by Gasteiger charge is -2.19. The molecule has 0 fully saturated rings. The maximum absolute atomic E-state index is 13.9. The van der Waals surface area contributed by atoms with Crippen LogP contribution in [0.3, 0.4) is 0 Å². The average Bonchev–Trinajstić information content (AvgIpc) is 2.64. The molecule has 0 bridgehead atoms. The highest BCUT2D eigenvalue weighted by Gasteiger charge is 2.16. The largest absolute Gasteiger partial charge is 0.507 e. The summed E-state index contributed by atoms with van der Waals surface area (Å²) in [5.74, 6) is -0.202. The lowest BCUT2D eigenvalue weighted by Crippen LogP contribution is -2.33. The predicted octanol–water partition coefficient (Wildman–Crippen LogP) is 4.81. The van der Waals surface area contributed by atoms with Crippen molar-refractivity contribution < 1.29 is 14.3 Å². The maximum Gasteiger partial charge on any atom is 0.319 e. The Morgan fingerprint density at radius 3 is 2.42 bits per heavy atom. The third-order valence-electron chi connectivity index (χ3n) is 4.62. The van der Waals surface area contributed by atoms with Crippen molar-refractivity contribution in [3.63, 3.8) is 0 Å². The van der Waals surface area contributed by atoms with E-state index in [0.717, 1.165) is 16.8 Å². The molecule has 0 saturated carbocycles. The van der Waals surface area contributed by atoms with Crippen LogP contribution < -0.4 is 10.6 Å². The van der Waals surface area contributed by atoms with Gasteiger partial charge in [-0.05, 0) is 47.4 Å². The number of amides is 2. The number of hydrogen-bond acceptors (Lipinski definition) is 2. The van der Waals surface area contributed by atoms with Gasteiger partial charge in [-0.25, -0.2) is 9.18 Å². The van der Waals surface area contributed by atoms with Crippen LogP contribution in [0.4, 0.5) is 14.9 Å². The van der Waals surface area contributed by atoms with Gasteiger partial charge < -0.3 is 15.7 Å². The Hall–Kier alpha value is -3.34. The summed E-state index contributed by atoms with van der Waals surface area (Å²) in [5.41, 5.74) is 4.94. The number of rotatable bonds is 2. The van der Waals surface area contributed by atoms with Crippen LogP contribution in [0.2, 0.25) is 0 Å². The molecule has 4 nitrogen and oxygen atoms in total. The molecule has 0 spiro atoms. The second kappa shape index (κ2) is 6.19. The lowest BCUT2D eigenvalue weighted by atomic mass is 9.95. The number of hydrogen-bond donors (Lipinski definition) is 3. The van der Waals surface area contributed by atoms with Gasteiger partial charge in [0.2, 0.25) is 0 Å². The first-order valence-corrected chi connectivity index (χ1v) is 8.29. The molecule has 5 heteroatoms. The Balaban J connectivity index is 1.79. The molecule has 0 atom stereocenters. The first kappa shape index (κ1) is 16.1. The van der Waals surface area contributed by atoms with Crippen LogP contribution in [0.25, 0.3) is 22.3 Å². The molecule has 1 heterocycles. The molecule has 3 aromatic rings. The molecular weight excluding hydrogens is 331 g/mol. The topological polar surface area (TPSA) is 61.4 Å². The Morgan fingerprint density at radius 2 is 1.69 bits per heavy atom. The van der Waals surface area contributed by atoms with E-state index >= 15 is 0 Å². The van der Waals surface area contributed by atoms with Gasteiger partial charge in [-0.3, -0.25) is 0 Å². The second-order valence-corrected chi connectivity index (χ2v) is 6.35. The van der Waals surface area contributed by atoms with Crippen molar-refractivity contribution in [3.05, 3.63) is 71.5 Å². The number of phenolic OH excluding ortho intramolecular Hbond substituents is 1. The van der Waals surface area contributed by atoms with E-state index in [9.17, 15) is 14.3 Å². The number of nitrogens with one attached hydrogen (secondary N) is 2. The first-order valence-electron chi connectivity index (χ1n) is 8.29. The number of para-hydroxylation sites is 1. The summed E-state index contributed by atoms with van der Waals surface area (Å²) in [7, 11) is 0. The number of fused-ring (bicyclic) bond motifs is 1. The average molecular weight is 348 g/mol. The van der Waals surface area contributed by atoms with E-state index in [0.29, 0.717) is 28.8 Å². The molecule has 3 aromatic carbocycles. The monoisotopic (exact) mass is 348 g/mol. The third kappa shape index (κ3) is 2.77. The van der Waals surface area contributed by atoms with Crippen molar-refractivity contribution >= 4 is 11.7 Å². The lowest BCUT2D eigenvalue weighted by molar-refractivity contribution is 0.251. The molecule has 0 aromatic heterocycles. The highest BCUT2D eigenvalue weighted by atomic mass is 19.1. The molecule has 1 aliphatic heterocycles. The summed E-state index contributed by atoms with van der Waals surface area (Å²) in [6, 6.07) is 15.7. The SMILES string of the molecule is Cc1ccc(-c2cccc(-c3ccc4c(c3)CNC(=O)N4)c2O)cc1F. The fraction of sp³-hybridized carbons (Fsp3) is 0.0952. The minimum Gasteiger partial charge on any atom is -0.507 e. The number of carbonyl (C=O) groups excluding carboxylic acids is 1. The van der Waals surface area contributed by atoms with Gasteiger partial charge >= 0.3 is 6.03 Å². The van der Waals surface area contributed by atoms with Crippen molar-refractivity contribution in [2.24, 2.45) is 0 Å². The predicted molar refractivity (Wildman–Crippen MR) is 99.5 cm³/mol. The molecule has 1 aliphatic rings. The van der Waals surface area contributed by atoms with E-state index in [1.54, 1.807) is 25.1 Å². The second-order valence-electron chi connectivity index (χ2n) is 6.35. The van der Waals surface area contributed by atoms with Gasteiger partial charge in [0.25, 0.3) is 0 Å². The van der Waals surface area contributed by atoms with E-state index < -0.39 is 0 Å². The van der Waals surface area contributed by atoms with Crippen LogP contribution in [0, 0.1) is 12.7 Å². The quantitative estimate of drug-likeness (QED) is 0.622. The normalized spacial score (nSPS) is 12.9. The van der Waals surface area contributed by atoms with Crippen molar-refractivity contribution in [1.29, 1.82) is 0 Å². The summed E-state index contributed by atoms with van der Waals surface area (Å²) in [4.78, 5) is 11.4.